The van der Waals surface area contributed by atoms with Crippen LogP contribution in [-0.4, -0.2) is 23.0 Å². The van der Waals surface area contributed by atoms with Gasteiger partial charge in [-0.05, 0) is 31.7 Å². The van der Waals surface area contributed by atoms with E-state index in [-0.39, 0.29) is 5.91 Å². The van der Waals surface area contributed by atoms with Gasteiger partial charge in [0.2, 0.25) is 5.91 Å². The van der Waals surface area contributed by atoms with E-state index in [2.05, 4.69) is 5.32 Å². The van der Waals surface area contributed by atoms with Crippen molar-refractivity contribution in [1.82, 2.24) is 5.32 Å². The summed E-state index contributed by atoms with van der Waals surface area (Å²) in [7, 11) is 0. The van der Waals surface area contributed by atoms with E-state index < -0.39 is 17.4 Å². The highest BCUT2D eigenvalue weighted by molar-refractivity contribution is 5.92. The number of aliphatic carboxylic acids is 1. The standard InChI is InChI=1S/C17H23NO3/c1-3-6-14(15(19)20)18-16(21)17(9-5-10-17)13-8-4-7-12(2)11-13/h4,7-8,11,14H,3,5-6,9-10H2,1-2H3,(H,18,21)(H,19,20)/t14-/m1/s1. The van der Waals surface area contributed by atoms with Crippen molar-refractivity contribution in [3.8, 4) is 0 Å². The van der Waals surface area contributed by atoms with Crippen molar-refractivity contribution < 1.29 is 14.7 Å². The molecule has 1 aliphatic rings. The molecule has 21 heavy (non-hydrogen) atoms. The number of hydrogen-bond acceptors (Lipinski definition) is 2. The maximum absolute atomic E-state index is 12.7. The Morgan fingerprint density at radius 2 is 2.10 bits per heavy atom. The van der Waals surface area contributed by atoms with E-state index in [9.17, 15) is 14.7 Å². The van der Waals surface area contributed by atoms with E-state index in [1.165, 1.54) is 0 Å². The minimum atomic E-state index is -0.955. The maximum atomic E-state index is 12.7. The van der Waals surface area contributed by atoms with E-state index in [1.54, 1.807) is 0 Å². The van der Waals surface area contributed by atoms with Gasteiger partial charge in [0.25, 0.3) is 0 Å². The Morgan fingerprint density at radius 1 is 1.38 bits per heavy atom. The number of hydrogen-bond donors (Lipinski definition) is 2. The average molecular weight is 289 g/mol. The largest absolute Gasteiger partial charge is 0.480 e. The van der Waals surface area contributed by atoms with Crippen LogP contribution in [0, 0.1) is 6.92 Å². The maximum Gasteiger partial charge on any atom is 0.326 e. The zero-order valence-corrected chi connectivity index (χ0v) is 12.7. The van der Waals surface area contributed by atoms with Crippen molar-refractivity contribution in [3.05, 3.63) is 35.4 Å². The molecular formula is C17H23NO3. The number of carbonyl (C=O) groups excluding carboxylic acids is 1. The van der Waals surface area contributed by atoms with Gasteiger partial charge in [0, 0.05) is 0 Å². The van der Waals surface area contributed by atoms with Crippen LogP contribution in [-0.2, 0) is 15.0 Å². The summed E-state index contributed by atoms with van der Waals surface area (Å²) < 4.78 is 0. The van der Waals surface area contributed by atoms with E-state index in [0.717, 1.165) is 36.8 Å². The molecule has 1 fully saturated rings. The molecule has 2 rings (SSSR count). The van der Waals surface area contributed by atoms with E-state index >= 15 is 0 Å². The molecule has 0 spiro atoms. The van der Waals surface area contributed by atoms with Crippen LogP contribution in [0.3, 0.4) is 0 Å². The van der Waals surface area contributed by atoms with Crippen molar-refractivity contribution in [2.75, 3.05) is 0 Å². The third-order valence-corrected chi connectivity index (χ3v) is 4.39. The molecule has 0 heterocycles. The Morgan fingerprint density at radius 3 is 2.57 bits per heavy atom. The van der Waals surface area contributed by atoms with Crippen LogP contribution in [0.2, 0.25) is 0 Å². The highest BCUT2D eigenvalue weighted by Gasteiger charge is 2.46. The van der Waals surface area contributed by atoms with Gasteiger partial charge in [0.15, 0.2) is 0 Å². The predicted octanol–water partition coefficient (Wildman–Crippen LogP) is 2.79. The van der Waals surface area contributed by atoms with Crippen LogP contribution in [0.1, 0.15) is 50.2 Å². The predicted molar refractivity (Wildman–Crippen MR) is 81.2 cm³/mol. The van der Waals surface area contributed by atoms with Crippen LogP contribution in [0.25, 0.3) is 0 Å². The molecule has 1 amide bonds. The average Bonchev–Trinajstić information content (AvgIpc) is 2.37. The van der Waals surface area contributed by atoms with E-state index in [1.807, 2.05) is 38.1 Å². The molecule has 114 valence electrons. The summed E-state index contributed by atoms with van der Waals surface area (Å²) in [6.07, 6.45) is 3.79. The molecule has 1 aromatic carbocycles. The molecule has 1 saturated carbocycles. The fourth-order valence-electron chi connectivity index (χ4n) is 2.96. The highest BCUT2D eigenvalue weighted by atomic mass is 16.4. The molecule has 1 aromatic rings. The van der Waals surface area contributed by atoms with E-state index in [0.29, 0.717) is 6.42 Å². The lowest BCUT2D eigenvalue weighted by atomic mass is 9.63. The fraction of sp³-hybridized carbons (Fsp3) is 0.529. The molecule has 0 aromatic heterocycles. The first-order chi connectivity index (χ1) is 9.99. The summed E-state index contributed by atoms with van der Waals surface area (Å²) in [5.41, 5.74) is 1.59. The topological polar surface area (TPSA) is 66.4 Å². The summed E-state index contributed by atoms with van der Waals surface area (Å²) in [5, 5.41) is 11.9. The first-order valence-corrected chi connectivity index (χ1v) is 7.60. The minimum absolute atomic E-state index is 0.139. The molecule has 0 radical (unpaired) electrons. The van der Waals surface area contributed by atoms with Crippen molar-refractivity contribution >= 4 is 11.9 Å². The Kier molecular flexibility index (Phi) is 4.66. The quantitative estimate of drug-likeness (QED) is 0.846. The monoisotopic (exact) mass is 289 g/mol. The zero-order valence-electron chi connectivity index (χ0n) is 12.7. The van der Waals surface area contributed by atoms with Gasteiger partial charge in [-0.1, -0.05) is 49.6 Å². The first-order valence-electron chi connectivity index (χ1n) is 7.60. The second kappa shape index (κ2) is 6.29. The third kappa shape index (κ3) is 3.09. The molecule has 1 aliphatic carbocycles. The number of aryl methyl sites for hydroxylation is 1. The lowest BCUT2D eigenvalue weighted by Crippen LogP contribution is -2.53. The summed E-state index contributed by atoms with van der Waals surface area (Å²) in [6.45, 7) is 3.92. The summed E-state index contributed by atoms with van der Waals surface area (Å²) in [5.74, 6) is -1.09. The minimum Gasteiger partial charge on any atom is -0.480 e. The fourth-order valence-corrected chi connectivity index (χ4v) is 2.96. The van der Waals surface area contributed by atoms with Gasteiger partial charge in [-0.2, -0.15) is 0 Å². The highest BCUT2D eigenvalue weighted by Crippen LogP contribution is 2.44. The van der Waals surface area contributed by atoms with Gasteiger partial charge < -0.3 is 10.4 Å². The smallest absolute Gasteiger partial charge is 0.326 e. The Balaban J connectivity index is 2.20. The van der Waals surface area contributed by atoms with Crippen LogP contribution in [0.5, 0.6) is 0 Å². The van der Waals surface area contributed by atoms with Gasteiger partial charge in [0.1, 0.15) is 6.04 Å². The third-order valence-electron chi connectivity index (χ3n) is 4.39. The number of carboxylic acids is 1. The summed E-state index contributed by atoms with van der Waals surface area (Å²) in [6, 6.07) is 7.18. The molecule has 0 bridgehead atoms. The normalized spacial score (nSPS) is 17.6. The first kappa shape index (κ1) is 15.5. The molecule has 4 heteroatoms. The Bertz CT molecular complexity index is 535. The molecule has 2 N–H and O–H groups in total. The van der Waals surface area contributed by atoms with Crippen LogP contribution >= 0.6 is 0 Å². The van der Waals surface area contributed by atoms with Crippen LogP contribution < -0.4 is 5.32 Å². The number of benzene rings is 1. The zero-order chi connectivity index (χ0) is 15.5. The van der Waals surface area contributed by atoms with Crippen LogP contribution in [0.4, 0.5) is 0 Å². The molecule has 4 nitrogen and oxygen atoms in total. The van der Waals surface area contributed by atoms with Crippen molar-refractivity contribution in [2.24, 2.45) is 0 Å². The van der Waals surface area contributed by atoms with Gasteiger partial charge in [-0.25, -0.2) is 4.79 Å². The summed E-state index contributed by atoms with van der Waals surface area (Å²) >= 11 is 0. The Hall–Kier alpha value is -1.84. The Labute approximate surface area is 125 Å². The molecule has 0 saturated heterocycles. The number of amides is 1. The second-order valence-electron chi connectivity index (χ2n) is 5.96. The number of carboxylic acid groups (broad SMARTS) is 1. The van der Waals surface area contributed by atoms with Crippen molar-refractivity contribution in [2.45, 2.75) is 57.4 Å². The number of nitrogens with one attached hydrogen (secondary N) is 1. The summed E-state index contributed by atoms with van der Waals surface area (Å²) in [4.78, 5) is 23.9. The lowest BCUT2D eigenvalue weighted by Gasteiger charge is -2.41. The molecule has 1 atom stereocenters. The van der Waals surface area contributed by atoms with Gasteiger partial charge in [-0.3, -0.25) is 4.79 Å². The number of rotatable bonds is 6. The second-order valence-corrected chi connectivity index (χ2v) is 5.96. The van der Waals surface area contributed by atoms with Gasteiger partial charge in [0.05, 0.1) is 5.41 Å². The SMILES string of the molecule is CCC[C@@H](NC(=O)C1(c2cccc(C)c2)CCC1)C(=O)O. The lowest BCUT2D eigenvalue weighted by molar-refractivity contribution is -0.143. The van der Waals surface area contributed by atoms with Crippen molar-refractivity contribution in [3.63, 3.8) is 0 Å². The molecule has 0 aliphatic heterocycles. The molecular weight excluding hydrogens is 266 g/mol. The van der Waals surface area contributed by atoms with Crippen LogP contribution in [0.15, 0.2) is 24.3 Å². The molecule has 0 unspecified atom stereocenters. The van der Waals surface area contributed by atoms with E-state index in [4.69, 9.17) is 0 Å². The number of carbonyl (C=O) groups is 2. The van der Waals surface area contributed by atoms with Crippen molar-refractivity contribution in [1.29, 1.82) is 0 Å². The van der Waals surface area contributed by atoms with Gasteiger partial charge >= 0.3 is 5.97 Å². The van der Waals surface area contributed by atoms with Gasteiger partial charge in [-0.15, -0.1) is 0 Å².